The maximum atomic E-state index is 12.6. The molecular weight excluding hydrogens is 428 g/mol. The van der Waals surface area contributed by atoms with E-state index in [9.17, 15) is 4.79 Å². The van der Waals surface area contributed by atoms with Crippen LogP contribution in [-0.2, 0) is 4.79 Å². The van der Waals surface area contributed by atoms with Crippen LogP contribution in [0, 0.1) is 13.8 Å². The highest BCUT2D eigenvalue weighted by Gasteiger charge is 2.24. The van der Waals surface area contributed by atoms with Crippen LogP contribution < -0.4 is 9.47 Å². The standard InChI is InChI=1S/C24H28N2O3S2/c1-16-4-5-17(2)23-22(16)25-24(31-23)29-19-10-13-26(14-11-19)21(27)12-15-30-20-8-6-18(28-3)7-9-20/h4-9,19H,10-15H2,1-3H3. The summed E-state index contributed by atoms with van der Waals surface area (Å²) in [6, 6.07) is 12.2. The van der Waals surface area contributed by atoms with Crippen molar-refractivity contribution in [2.45, 2.75) is 44.1 Å². The fraction of sp³-hybridized carbons (Fsp3) is 0.417. The Balaban J connectivity index is 1.23. The number of thiazole rings is 1. The van der Waals surface area contributed by atoms with Crippen LogP contribution in [0.25, 0.3) is 10.2 Å². The number of likely N-dealkylation sites (tertiary alicyclic amines) is 1. The van der Waals surface area contributed by atoms with Gasteiger partial charge < -0.3 is 14.4 Å². The molecule has 7 heteroatoms. The summed E-state index contributed by atoms with van der Waals surface area (Å²) in [4.78, 5) is 20.4. The number of ether oxygens (including phenoxy) is 2. The lowest BCUT2D eigenvalue weighted by Gasteiger charge is -2.31. The minimum Gasteiger partial charge on any atom is -0.497 e. The van der Waals surface area contributed by atoms with Crippen molar-refractivity contribution in [2.24, 2.45) is 0 Å². The third-order valence-electron chi connectivity index (χ3n) is 5.63. The van der Waals surface area contributed by atoms with Crippen molar-refractivity contribution in [3.63, 3.8) is 0 Å². The molecule has 0 spiro atoms. The van der Waals surface area contributed by atoms with E-state index >= 15 is 0 Å². The fourth-order valence-electron chi connectivity index (χ4n) is 3.74. The summed E-state index contributed by atoms with van der Waals surface area (Å²) >= 11 is 3.33. The Hall–Kier alpha value is -2.25. The van der Waals surface area contributed by atoms with Crippen LogP contribution in [-0.4, -0.2) is 47.8 Å². The van der Waals surface area contributed by atoms with Gasteiger partial charge in [0, 0.05) is 43.0 Å². The summed E-state index contributed by atoms with van der Waals surface area (Å²) in [7, 11) is 1.66. The maximum absolute atomic E-state index is 12.6. The number of rotatable bonds is 7. The molecule has 0 saturated carbocycles. The number of nitrogens with zero attached hydrogens (tertiary/aromatic N) is 2. The van der Waals surface area contributed by atoms with E-state index in [4.69, 9.17) is 14.5 Å². The van der Waals surface area contributed by atoms with Crippen LogP contribution >= 0.6 is 23.1 Å². The largest absolute Gasteiger partial charge is 0.497 e. The molecule has 0 unspecified atom stereocenters. The van der Waals surface area contributed by atoms with E-state index in [2.05, 4.69) is 26.0 Å². The molecule has 31 heavy (non-hydrogen) atoms. The molecular formula is C24H28N2O3S2. The van der Waals surface area contributed by atoms with Gasteiger partial charge in [-0.2, -0.15) is 0 Å². The minimum absolute atomic E-state index is 0.124. The molecule has 5 nitrogen and oxygen atoms in total. The summed E-state index contributed by atoms with van der Waals surface area (Å²) in [5, 5.41) is 0.744. The Morgan fingerprint density at radius 3 is 2.52 bits per heavy atom. The number of aryl methyl sites for hydroxylation is 2. The fourth-order valence-corrected chi connectivity index (χ4v) is 5.61. The number of piperidine rings is 1. The van der Waals surface area contributed by atoms with Crippen LogP contribution in [0.1, 0.15) is 30.4 Å². The van der Waals surface area contributed by atoms with E-state index in [1.165, 1.54) is 15.8 Å². The second kappa shape index (κ2) is 9.92. The van der Waals surface area contributed by atoms with Gasteiger partial charge in [0.25, 0.3) is 5.19 Å². The van der Waals surface area contributed by atoms with E-state index in [0.717, 1.165) is 53.0 Å². The van der Waals surface area contributed by atoms with Gasteiger partial charge in [0.2, 0.25) is 5.91 Å². The van der Waals surface area contributed by atoms with Gasteiger partial charge >= 0.3 is 0 Å². The van der Waals surface area contributed by atoms with Crippen molar-refractivity contribution in [3.8, 4) is 10.9 Å². The van der Waals surface area contributed by atoms with E-state index in [1.807, 2.05) is 29.2 Å². The van der Waals surface area contributed by atoms with Crippen molar-refractivity contribution < 1.29 is 14.3 Å². The number of hydrogen-bond acceptors (Lipinski definition) is 6. The van der Waals surface area contributed by atoms with E-state index in [1.54, 1.807) is 30.2 Å². The van der Waals surface area contributed by atoms with Crippen molar-refractivity contribution >= 4 is 39.2 Å². The van der Waals surface area contributed by atoms with Gasteiger partial charge in [-0.1, -0.05) is 23.5 Å². The lowest BCUT2D eigenvalue weighted by molar-refractivity contribution is -0.132. The zero-order chi connectivity index (χ0) is 21.8. The molecule has 0 aliphatic carbocycles. The van der Waals surface area contributed by atoms with Gasteiger partial charge in [-0.25, -0.2) is 4.98 Å². The number of thioether (sulfide) groups is 1. The Morgan fingerprint density at radius 2 is 1.84 bits per heavy atom. The molecule has 3 aromatic rings. The normalized spacial score (nSPS) is 14.7. The number of benzene rings is 2. The molecule has 2 heterocycles. The van der Waals surface area contributed by atoms with Crippen LogP contribution in [0.5, 0.6) is 10.9 Å². The van der Waals surface area contributed by atoms with Gasteiger partial charge in [-0.15, -0.1) is 11.8 Å². The first kappa shape index (κ1) is 22.0. The van der Waals surface area contributed by atoms with Crippen LogP contribution in [0.3, 0.4) is 0 Å². The highest BCUT2D eigenvalue weighted by Crippen LogP contribution is 2.33. The summed E-state index contributed by atoms with van der Waals surface area (Å²) in [5.74, 6) is 1.86. The van der Waals surface area contributed by atoms with E-state index in [-0.39, 0.29) is 12.0 Å². The molecule has 1 aromatic heterocycles. The Kier molecular flexibility index (Phi) is 7.02. The zero-order valence-corrected chi connectivity index (χ0v) is 19.9. The number of methoxy groups -OCH3 is 1. The zero-order valence-electron chi connectivity index (χ0n) is 18.2. The van der Waals surface area contributed by atoms with Gasteiger partial charge in [0.05, 0.1) is 17.3 Å². The number of hydrogen-bond donors (Lipinski definition) is 0. The molecule has 1 aliphatic rings. The number of amides is 1. The van der Waals surface area contributed by atoms with Gasteiger partial charge in [-0.05, 0) is 49.2 Å². The highest BCUT2D eigenvalue weighted by molar-refractivity contribution is 7.99. The average molecular weight is 457 g/mol. The monoisotopic (exact) mass is 456 g/mol. The first-order valence-corrected chi connectivity index (χ1v) is 12.4. The quantitative estimate of drug-likeness (QED) is 0.441. The number of aromatic nitrogens is 1. The number of fused-ring (bicyclic) bond motifs is 1. The first-order chi connectivity index (χ1) is 15.0. The lowest BCUT2D eigenvalue weighted by Crippen LogP contribution is -2.41. The molecule has 1 fully saturated rings. The second-order valence-corrected chi connectivity index (χ2v) is 9.96. The summed E-state index contributed by atoms with van der Waals surface area (Å²) < 4.78 is 12.6. The van der Waals surface area contributed by atoms with E-state index in [0.29, 0.717) is 6.42 Å². The van der Waals surface area contributed by atoms with Crippen molar-refractivity contribution in [1.29, 1.82) is 0 Å². The molecule has 1 aliphatic heterocycles. The predicted molar refractivity (Wildman–Crippen MR) is 128 cm³/mol. The van der Waals surface area contributed by atoms with Crippen molar-refractivity contribution in [1.82, 2.24) is 9.88 Å². The average Bonchev–Trinajstić information content (AvgIpc) is 3.22. The smallest absolute Gasteiger partial charge is 0.274 e. The van der Waals surface area contributed by atoms with Gasteiger partial charge in [-0.3, -0.25) is 4.79 Å². The Bertz CT molecular complexity index is 1000. The predicted octanol–water partition coefficient (Wildman–Crippen LogP) is 5.47. The SMILES string of the molecule is COc1ccc(SCCC(=O)N2CCC(Oc3nc4c(C)ccc(C)c4s3)CC2)cc1. The molecule has 2 aromatic carbocycles. The number of carbonyl (C=O) groups excluding carboxylic acids is 1. The van der Waals surface area contributed by atoms with Crippen molar-refractivity contribution in [3.05, 3.63) is 47.5 Å². The molecule has 164 valence electrons. The highest BCUT2D eigenvalue weighted by atomic mass is 32.2. The van der Waals surface area contributed by atoms with E-state index < -0.39 is 0 Å². The lowest BCUT2D eigenvalue weighted by atomic mass is 10.1. The first-order valence-electron chi connectivity index (χ1n) is 10.6. The van der Waals surface area contributed by atoms with Gasteiger partial charge in [0.1, 0.15) is 11.9 Å². The molecule has 1 amide bonds. The topological polar surface area (TPSA) is 51.7 Å². The Morgan fingerprint density at radius 1 is 1.13 bits per heavy atom. The summed E-state index contributed by atoms with van der Waals surface area (Å²) in [5.41, 5.74) is 3.46. The third-order valence-corrected chi connectivity index (χ3v) is 7.72. The molecule has 0 bridgehead atoms. The summed E-state index contributed by atoms with van der Waals surface area (Å²) in [6.07, 6.45) is 2.38. The summed E-state index contributed by atoms with van der Waals surface area (Å²) in [6.45, 7) is 5.70. The minimum atomic E-state index is 0.124. The second-order valence-electron chi connectivity index (χ2n) is 7.83. The van der Waals surface area contributed by atoms with Gasteiger partial charge in [0.15, 0.2) is 0 Å². The molecule has 0 N–H and O–H groups in total. The molecule has 1 saturated heterocycles. The maximum Gasteiger partial charge on any atom is 0.274 e. The van der Waals surface area contributed by atoms with Crippen LogP contribution in [0.4, 0.5) is 0 Å². The van der Waals surface area contributed by atoms with Crippen LogP contribution in [0.2, 0.25) is 0 Å². The Labute approximate surface area is 191 Å². The molecule has 0 radical (unpaired) electrons. The van der Waals surface area contributed by atoms with Crippen molar-refractivity contribution in [2.75, 3.05) is 26.0 Å². The third kappa shape index (κ3) is 5.33. The molecule has 0 atom stereocenters. The van der Waals surface area contributed by atoms with Crippen LogP contribution in [0.15, 0.2) is 41.3 Å². The molecule has 4 rings (SSSR count). The number of carbonyl (C=O) groups is 1.